The maximum absolute atomic E-state index is 4.34. The van der Waals surface area contributed by atoms with Gasteiger partial charge in [0.15, 0.2) is 0 Å². The van der Waals surface area contributed by atoms with Crippen molar-refractivity contribution in [1.29, 1.82) is 0 Å². The summed E-state index contributed by atoms with van der Waals surface area (Å²) >= 11 is 1.41. The van der Waals surface area contributed by atoms with Crippen LogP contribution in [-0.4, -0.2) is 26.1 Å². The molecule has 0 spiro atoms. The summed E-state index contributed by atoms with van der Waals surface area (Å²) in [5.74, 6) is 0.632. The topological polar surface area (TPSA) is 63.6 Å². The molecule has 18 heavy (non-hydrogen) atoms. The standard InChI is InChI=1S/C12H17N5S/c1-8(2)6-13-7-10-12(16-17-18-10)11-9(3)14-4-5-15-11/h4-5,8,13H,6-7H2,1-3H3. The third-order valence-electron chi connectivity index (χ3n) is 2.50. The number of aromatic nitrogens is 4. The maximum Gasteiger partial charge on any atom is 0.130 e. The second kappa shape index (κ2) is 5.97. The largest absolute Gasteiger partial charge is 0.311 e. The first-order chi connectivity index (χ1) is 8.68. The Morgan fingerprint density at radius 1 is 1.22 bits per heavy atom. The Morgan fingerprint density at radius 3 is 2.72 bits per heavy atom. The van der Waals surface area contributed by atoms with E-state index in [1.165, 1.54) is 11.5 Å². The summed E-state index contributed by atoms with van der Waals surface area (Å²) < 4.78 is 4.02. The van der Waals surface area contributed by atoms with Crippen LogP contribution in [0.25, 0.3) is 11.4 Å². The van der Waals surface area contributed by atoms with Crippen LogP contribution < -0.4 is 5.32 Å². The lowest BCUT2D eigenvalue weighted by Gasteiger charge is -2.07. The van der Waals surface area contributed by atoms with Crippen molar-refractivity contribution in [1.82, 2.24) is 24.9 Å². The fourth-order valence-electron chi connectivity index (χ4n) is 1.62. The molecule has 5 nitrogen and oxygen atoms in total. The van der Waals surface area contributed by atoms with Gasteiger partial charge in [0.1, 0.15) is 11.4 Å². The minimum atomic E-state index is 0.632. The van der Waals surface area contributed by atoms with E-state index in [0.29, 0.717) is 5.92 Å². The number of hydrogen-bond donors (Lipinski definition) is 1. The summed E-state index contributed by atoms with van der Waals surface area (Å²) in [7, 11) is 0. The van der Waals surface area contributed by atoms with Crippen LogP contribution in [0.5, 0.6) is 0 Å². The molecule has 0 aliphatic rings. The molecule has 0 amide bonds. The van der Waals surface area contributed by atoms with Gasteiger partial charge >= 0.3 is 0 Å². The van der Waals surface area contributed by atoms with Gasteiger partial charge in [-0.05, 0) is 30.9 Å². The summed E-state index contributed by atoms with van der Waals surface area (Å²) in [6, 6.07) is 0. The lowest BCUT2D eigenvalue weighted by molar-refractivity contribution is 0.555. The molecule has 1 N–H and O–H groups in total. The fraction of sp³-hybridized carbons (Fsp3) is 0.500. The van der Waals surface area contributed by atoms with Crippen LogP contribution in [0.15, 0.2) is 12.4 Å². The summed E-state index contributed by atoms with van der Waals surface area (Å²) in [6.45, 7) is 8.07. The Balaban J connectivity index is 2.15. The van der Waals surface area contributed by atoms with Crippen molar-refractivity contribution in [3.8, 4) is 11.4 Å². The van der Waals surface area contributed by atoms with Crippen LogP contribution in [0.4, 0.5) is 0 Å². The molecule has 0 bridgehead atoms. The van der Waals surface area contributed by atoms with Crippen molar-refractivity contribution >= 4 is 11.5 Å². The molecule has 96 valence electrons. The van der Waals surface area contributed by atoms with Crippen molar-refractivity contribution < 1.29 is 0 Å². The summed E-state index contributed by atoms with van der Waals surface area (Å²) in [5, 5.41) is 7.57. The molecule has 2 heterocycles. The molecule has 0 saturated heterocycles. The first-order valence-electron chi connectivity index (χ1n) is 5.98. The lowest BCUT2D eigenvalue weighted by atomic mass is 10.2. The zero-order valence-electron chi connectivity index (χ0n) is 10.8. The number of hydrogen-bond acceptors (Lipinski definition) is 6. The molecule has 0 atom stereocenters. The van der Waals surface area contributed by atoms with Crippen molar-refractivity contribution in [3.63, 3.8) is 0 Å². The zero-order chi connectivity index (χ0) is 13.0. The van der Waals surface area contributed by atoms with Crippen LogP contribution in [0, 0.1) is 12.8 Å². The Morgan fingerprint density at radius 2 is 2.00 bits per heavy atom. The van der Waals surface area contributed by atoms with Crippen LogP contribution >= 0.6 is 11.5 Å². The van der Waals surface area contributed by atoms with Gasteiger partial charge in [-0.25, -0.2) is 0 Å². The van der Waals surface area contributed by atoms with Gasteiger partial charge in [-0.15, -0.1) is 5.10 Å². The van der Waals surface area contributed by atoms with Crippen molar-refractivity contribution in [2.45, 2.75) is 27.3 Å². The third-order valence-corrected chi connectivity index (χ3v) is 3.22. The SMILES string of the molecule is Cc1nccnc1-c1nnsc1CNCC(C)C. The molecule has 0 aliphatic carbocycles. The molecule has 2 aromatic rings. The van der Waals surface area contributed by atoms with Gasteiger partial charge in [0.25, 0.3) is 0 Å². The first-order valence-corrected chi connectivity index (χ1v) is 6.75. The summed E-state index contributed by atoms with van der Waals surface area (Å²) in [4.78, 5) is 9.69. The predicted molar refractivity (Wildman–Crippen MR) is 72.2 cm³/mol. The Hall–Kier alpha value is -1.40. The fourth-order valence-corrected chi connectivity index (χ4v) is 2.23. The minimum absolute atomic E-state index is 0.632. The molecular weight excluding hydrogens is 246 g/mol. The average molecular weight is 263 g/mol. The lowest BCUT2D eigenvalue weighted by Crippen LogP contribution is -2.18. The predicted octanol–water partition coefficient (Wildman–Crippen LogP) is 2.05. The highest BCUT2D eigenvalue weighted by molar-refractivity contribution is 7.05. The molecule has 0 aromatic carbocycles. The van der Waals surface area contributed by atoms with Crippen LogP contribution in [-0.2, 0) is 6.54 Å². The quantitative estimate of drug-likeness (QED) is 0.894. The van der Waals surface area contributed by atoms with Gasteiger partial charge in [-0.3, -0.25) is 9.97 Å². The van der Waals surface area contributed by atoms with Crippen LogP contribution in [0.2, 0.25) is 0 Å². The minimum Gasteiger partial charge on any atom is -0.311 e. The third kappa shape index (κ3) is 3.08. The number of aryl methyl sites for hydroxylation is 1. The maximum atomic E-state index is 4.34. The van der Waals surface area contributed by atoms with E-state index < -0.39 is 0 Å². The molecule has 6 heteroatoms. The van der Waals surface area contributed by atoms with Crippen molar-refractivity contribution in [2.75, 3.05) is 6.54 Å². The zero-order valence-corrected chi connectivity index (χ0v) is 11.7. The molecule has 2 rings (SSSR count). The Bertz CT molecular complexity index is 509. The van der Waals surface area contributed by atoms with Gasteiger partial charge in [-0.2, -0.15) is 0 Å². The molecule has 0 radical (unpaired) electrons. The van der Waals surface area contributed by atoms with E-state index in [2.05, 4.69) is 38.7 Å². The van der Waals surface area contributed by atoms with Gasteiger partial charge in [0.05, 0.1) is 10.6 Å². The molecule has 0 saturated carbocycles. The van der Waals surface area contributed by atoms with Gasteiger partial charge in [-0.1, -0.05) is 18.3 Å². The highest BCUT2D eigenvalue weighted by atomic mass is 32.1. The van der Waals surface area contributed by atoms with E-state index in [0.717, 1.165) is 35.0 Å². The Labute approximate surface area is 111 Å². The van der Waals surface area contributed by atoms with Gasteiger partial charge in [0, 0.05) is 18.9 Å². The number of rotatable bonds is 5. The average Bonchev–Trinajstić information content (AvgIpc) is 2.77. The number of nitrogens with zero attached hydrogens (tertiary/aromatic N) is 4. The molecule has 2 aromatic heterocycles. The van der Waals surface area contributed by atoms with E-state index in [1.807, 2.05) is 6.92 Å². The van der Waals surface area contributed by atoms with Crippen molar-refractivity contribution in [3.05, 3.63) is 23.0 Å². The van der Waals surface area contributed by atoms with Crippen LogP contribution in [0.1, 0.15) is 24.4 Å². The monoisotopic (exact) mass is 263 g/mol. The van der Waals surface area contributed by atoms with E-state index in [4.69, 9.17) is 0 Å². The smallest absolute Gasteiger partial charge is 0.130 e. The van der Waals surface area contributed by atoms with Gasteiger partial charge < -0.3 is 5.32 Å². The summed E-state index contributed by atoms with van der Waals surface area (Å²) in [5.41, 5.74) is 2.56. The Kier molecular flexibility index (Phi) is 4.33. The highest BCUT2D eigenvalue weighted by Gasteiger charge is 2.14. The van der Waals surface area contributed by atoms with E-state index in [-0.39, 0.29) is 0 Å². The van der Waals surface area contributed by atoms with E-state index in [9.17, 15) is 0 Å². The molecule has 0 aliphatic heterocycles. The molecule has 0 fully saturated rings. The number of nitrogens with one attached hydrogen (secondary N) is 1. The molecular formula is C12H17N5S. The van der Waals surface area contributed by atoms with Crippen LogP contribution in [0.3, 0.4) is 0 Å². The second-order valence-electron chi connectivity index (χ2n) is 4.56. The van der Waals surface area contributed by atoms with E-state index in [1.54, 1.807) is 12.4 Å². The molecule has 0 unspecified atom stereocenters. The normalized spacial score (nSPS) is 11.1. The summed E-state index contributed by atoms with van der Waals surface area (Å²) in [6.07, 6.45) is 3.38. The highest BCUT2D eigenvalue weighted by Crippen LogP contribution is 2.23. The van der Waals surface area contributed by atoms with Crippen molar-refractivity contribution in [2.24, 2.45) is 5.92 Å². The van der Waals surface area contributed by atoms with Gasteiger partial charge in [0.2, 0.25) is 0 Å². The van der Waals surface area contributed by atoms with E-state index >= 15 is 0 Å². The second-order valence-corrected chi connectivity index (χ2v) is 5.40. The first kappa shape index (κ1) is 13.0.